The third-order valence-electron chi connectivity index (χ3n) is 14.0. The van der Waals surface area contributed by atoms with Crippen molar-refractivity contribution >= 4 is 68.8 Å². The van der Waals surface area contributed by atoms with Crippen LogP contribution in [0.5, 0.6) is 0 Å². The lowest BCUT2D eigenvalue weighted by Crippen LogP contribution is -2.25. The minimum absolute atomic E-state index is 0.802. The van der Waals surface area contributed by atoms with Crippen molar-refractivity contribution in [2.75, 3.05) is 52.4 Å². The van der Waals surface area contributed by atoms with Gasteiger partial charge in [-0.05, 0) is 152 Å². The fraction of sp³-hybridized carbons (Fsp3) is 0.400. The van der Waals surface area contributed by atoms with Gasteiger partial charge in [0.15, 0.2) is 0 Å². The Bertz CT molecular complexity index is 2770. The van der Waals surface area contributed by atoms with Crippen LogP contribution in [-0.4, -0.2) is 91.5 Å². The summed E-state index contributed by atoms with van der Waals surface area (Å²) >= 11 is 0. The summed E-state index contributed by atoms with van der Waals surface area (Å²) < 4.78 is 2.66. The van der Waals surface area contributed by atoms with Crippen LogP contribution in [-0.2, 0) is 0 Å². The van der Waals surface area contributed by atoms with Gasteiger partial charge in [0.2, 0.25) is 0 Å². The lowest BCUT2D eigenvalue weighted by atomic mass is 9.90. The van der Waals surface area contributed by atoms with Crippen LogP contribution in [0.25, 0.3) is 68.8 Å². The van der Waals surface area contributed by atoms with Gasteiger partial charge in [0.25, 0.3) is 0 Å². The van der Waals surface area contributed by atoms with Gasteiger partial charge in [-0.2, -0.15) is 0 Å². The molecular weight excluding hydrogens is 833 g/mol. The molecule has 0 amide bonds. The Kier molecular flexibility index (Phi) is 15.6. The molecule has 6 aliphatic heterocycles. The third-order valence-corrected chi connectivity index (χ3v) is 14.0. The Labute approximate surface area is 406 Å². The van der Waals surface area contributed by atoms with Crippen molar-refractivity contribution in [2.24, 2.45) is 0 Å². The highest BCUT2D eigenvalue weighted by molar-refractivity contribution is 6.05. The van der Waals surface area contributed by atoms with Gasteiger partial charge in [-0.25, -0.2) is 9.97 Å². The number of hydrogen-bond donors (Lipinski definition) is 1. The van der Waals surface area contributed by atoms with E-state index in [0.29, 0.717) is 0 Å². The van der Waals surface area contributed by atoms with E-state index in [1.54, 1.807) is 0 Å². The van der Waals surface area contributed by atoms with Gasteiger partial charge in [-0.15, -0.1) is 0 Å². The summed E-state index contributed by atoms with van der Waals surface area (Å²) in [5.74, 6) is 0. The highest BCUT2D eigenvalue weighted by atomic mass is 15.2. The van der Waals surface area contributed by atoms with Crippen LogP contribution in [0.2, 0.25) is 0 Å². The second-order valence-electron chi connectivity index (χ2n) is 19.4. The van der Waals surface area contributed by atoms with E-state index < -0.39 is 0 Å². The van der Waals surface area contributed by atoms with Gasteiger partial charge >= 0.3 is 0 Å². The first-order valence-corrected chi connectivity index (χ1v) is 26.2. The number of nitrogens with one attached hydrogen (secondary N) is 1. The van der Waals surface area contributed by atoms with Crippen molar-refractivity contribution < 1.29 is 0 Å². The van der Waals surface area contributed by atoms with Crippen molar-refractivity contribution in [3.63, 3.8) is 0 Å². The molecule has 3 aromatic rings. The summed E-state index contributed by atoms with van der Waals surface area (Å²) in [6, 6.07) is 11.0. The molecule has 0 unspecified atom stereocenters. The second-order valence-corrected chi connectivity index (χ2v) is 19.4. The standard InChI is InChI=1S/C60H74N8/c1-5-9-13-31-64-35-17-21-46(42-64)57-55-30-29-52(63-55)40-51-26-25-49(61-51)39-50-27-28-53(62-50)41-56-58(47-22-18-36-65(43-47)32-14-10-6-2)59(48-23-19-37-66(44-48)33-15-11-7-3)60(57)68(56)54-24-20-38-67(45-54)34-16-12-8-4/h17-30,35-41,61H,5-16,31-34,42-45H2,1-4H3. The number of H-pyrrole nitrogens is 1. The lowest BCUT2D eigenvalue weighted by Gasteiger charge is -2.29. The maximum atomic E-state index is 5.61. The van der Waals surface area contributed by atoms with Crippen LogP contribution in [0.1, 0.15) is 144 Å². The second kappa shape index (κ2) is 22.7. The van der Waals surface area contributed by atoms with Gasteiger partial charge < -0.3 is 29.2 Å². The zero-order chi connectivity index (χ0) is 46.7. The molecule has 9 rings (SSSR count). The van der Waals surface area contributed by atoms with Gasteiger partial charge in [0, 0.05) is 79.2 Å². The molecule has 0 aromatic carbocycles. The fourth-order valence-electron chi connectivity index (χ4n) is 10.5. The van der Waals surface area contributed by atoms with E-state index in [1.165, 1.54) is 127 Å². The molecule has 8 heteroatoms. The SMILES string of the molecule is CCCCCN1C=CC=C(c2c(C3=CC=CN(CCCCC)C3)c3c(C4=CC=CN(CCCCC)C4)c4nc(cc5ccc(cc6nc(cc2n3C2=CC=CN(CCCCC)C2)C=C6)[nH]5)C=C4)C1. The normalized spacial score (nSPS) is 16.5. The molecule has 0 saturated heterocycles. The molecule has 6 aliphatic rings. The minimum Gasteiger partial charge on any atom is -0.373 e. The number of aromatic amines is 1. The van der Waals surface area contributed by atoms with E-state index in [0.717, 1.165) is 86.2 Å². The molecule has 9 heterocycles. The number of aromatic nitrogens is 4. The van der Waals surface area contributed by atoms with Crippen LogP contribution >= 0.6 is 0 Å². The molecule has 0 aliphatic carbocycles. The maximum absolute atomic E-state index is 5.61. The van der Waals surface area contributed by atoms with E-state index in [4.69, 9.17) is 9.97 Å². The zero-order valence-corrected chi connectivity index (χ0v) is 41.4. The lowest BCUT2D eigenvalue weighted by molar-refractivity contribution is 0.397. The first-order valence-electron chi connectivity index (χ1n) is 26.2. The number of fused-ring (bicyclic) bond motifs is 8. The van der Waals surface area contributed by atoms with Crippen molar-refractivity contribution in [2.45, 2.75) is 105 Å². The monoisotopic (exact) mass is 907 g/mol. The van der Waals surface area contributed by atoms with Crippen LogP contribution in [0.15, 0.2) is 104 Å². The number of hydrogen-bond acceptors (Lipinski definition) is 6. The summed E-state index contributed by atoms with van der Waals surface area (Å²) in [4.78, 5) is 24.7. The van der Waals surface area contributed by atoms with Crippen LogP contribution < -0.4 is 0 Å². The van der Waals surface area contributed by atoms with E-state index in [-0.39, 0.29) is 0 Å². The number of unbranched alkanes of at least 4 members (excludes halogenated alkanes) is 8. The molecule has 1 N–H and O–H groups in total. The van der Waals surface area contributed by atoms with Gasteiger partial charge in [-0.3, -0.25) is 0 Å². The maximum Gasteiger partial charge on any atom is 0.0734 e. The molecule has 0 fully saturated rings. The van der Waals surface area contributed by atoms with Crippen molar-refractivity contribution in [3.05, 3.63) is 143 Å². The Morgan fingerprint density at radius 2 is 0.897 bits per heavy atom. The Morgan fingerprint density at radius 1 is 0.456 bits per heavy atom. The molecule has 0 saturated carbocycles. The topological polar surface area (TPSA) is 59.5 Å². The molecule has 8 bridgehead atoms. The predicted molar refractivity (Wildman–Crippen MR) is 292 cm³/mol. The van der Waals surface area contributed by atoms with Crippen LogP contribution in [0.4, 0.5) is 0 Å². The van der Waals surface area contributed by atoms with E-state index >= 15 is 0 Å². The minimum atomic E-state index is 0.802. The first kappa shape index (κ1) is 46.8. The van der Waals surface area contributed by atoms with Crippen molar-refractivity contribution in [3.8, 4) is 0 Å². The molecule has 8 nitrogen and oxygen atoms in total. The predicted octanol–water partition coefficient (Wildman–Crippen LogP) is 14.2. The molecule has 354 valence electrons. The van der Waals surface area contributed by atoms with E-state index in [1.807, 2.05) is 0 Å². The Morgan fingerprint density at radius 3 is 1.43 bits per heavy atom. The average molecular weight is 907 g/mol. The summed E-state index contributed by atoms with van der Waals surface area (Å²) in [5.41, 5.74) is 17.3. The smallest absolute Gasteiger partial charge is 0.0734 e. The molecule has 0 atom stereocenters. The Balaban J connectivity index is 1.41. The van der Waals surface area contributed by atoms with Gasteiger partial charge in [0.1, 0.15) is 0 Å². The van der Waals surface area contributed by atoms with Gasteiger partial charge in [-0.1, -0.05) is 97.3 Å². The molecular formula is C60H74N8. The molecule has 0 spiro atoms. The number of nitrogens with zero attached hydrogens (tertiary/aromatic N) is 7. The molecule has 68 heavy (non-hydrogen) atoms. The summed E-state index contributed by atoms with van der Waals surface area (Å²) in [6.07, 6.45) is 51.2. The van der Waals surface area contributed by atoms with Gasteiger partial charge in [0.05, 0.1) is 40.4 Å². The zero-order valence-electron chi connectivity index (χ0n) is 41.4. The number of allylic oxidation sites excluding steroid dienone is 8. The third kappa shape index (κ3) is 11.0. The fourth-order valence-corrected chi connectivity index (χ4v) is 10.5. The van der Waals surface area contributed by atoms with Crippen molar-refractivity contribution in [1.29, 1.82) is 0 Å². The summed E-state index contributed by atoms with van der Waals surface area (Å²) in [7, 11) is 0. The average Bonchev–Trinajstić information content (AvgIpc) is 4.18. The quantitative estimate of drug-likeness (QED) is 0.0785. The Hall–Kier alpha value is -6.28. The van der Waals surface area contributed by atoms with E-state index in [2.05, 4.69) is 185 Å². The van der Waals surface area contributed by atoms with E-state index in [9.17, 15) is 0 Å². The first-order chi connectivity index (χ1) is 33.5. The van der Waals surface area contributed by atoms with Crippen LogP contribution in [0.3, 0.4) is 0 Å². The largest absolute Gasteiger partial charge is 0.373 e. The van der Waals surface area contributed by atoms with Crippen LogP contribution in [0, 0.1) is 0 Å². The van der Waals surface area contributed by atoms with Crippen molar-refractivity contribution in [1.82, 2.24) is 39.1 Å². The molecule has 3 aromatic heterocycles. The summed E-state index contributed by atoms with van der Waals surface area (Å²) in [5, 5.41) is 0. The highest BCUT2D eigenvalue weighted by Crippen LogP contribution is 2.44. The molecule has 0 radical (unpaired) electrons. The summed E-state index contributed by atoms with van der Waals surface area (Å²) in [6.45, 7) is 16.6. The highest BCUT2D eigenvalue weighted by Gasteiger charge is 2.31. The number of rotatable bonds is 20.